The molecule has 1 aliphatic rings. The summed E-state index contributed by atoms with van der Waals surface area (Å²) in [7, 11) is 2.18. The average Bonchev–Trinajstić information content (AvgIpc) is 2.17. The van der Waals surface area contributed by atoms with Gasteiger partial charge in [-0.15, -0.1) is 0 Å². The van der Waals surface area contributed by atoms with Crippen molar-refractivity contribution < 1.29 is 5.11 Å². The van der Waals surface area contributed by atoms with E-state index in [0.717, 1.165) is 13.1 Å². The number of nitrogens with zero attached hydrogens (tertiary/aromatic N) is 1. The van der Waals surface area contributed by atoms with E-state index < -0.39 is 0 Å². The number of phenolic OH excluding ortho intramolecular Hbond substituents is 1. The molecule has 1 aromatic rings. The van der Waals surface area contributed by atoms with Gasteiger partial charge in [0.1, 0.15) is 5.75 Å². The lowest BCUT2D eigenvalue weighted by Crippen LogP contribution is -2.35. The molecule has 2 atom stereocenters. The Morgan fingerprint density at radius 3 is 2.87 bits per heavy atom. The maximum absolute atomic E-state index is 9.47. The van der Waals surface area contributed by atoms with Crippen molar-refractivity contribution in [3.63, 3.8) is 0 Å². The van der Waals surface area contributed by atoms with Gasteiger partial charge < -0.3 is 10.0 Å². The second kappa shape index (κ2) is 4.23. The fourth-order valence-electron chi connectivity index (χ4n) is 2.60. The van der Waals surface area contributed by atoms with Crippen LogP contribution in [-0.4, -0.2) is 30.1 Å². The van der Waals surface area contributed by atoms with Gasteiger partial charge in [-0.3, -0.25) is 0 Å². The van der Waals surface area contributed by atoms with Crippen molar-refractivity contribution in [3.05, 3.63) is 29.8 Å². The van der Waals surface area contributed by atoms with Crippen molar-refractivity contribution in [2.45, 2.75) is 19.3 Å². The second-order valence-electron chi connectivity index (χ2n) is 4.73. The SMILES string of the molecule is C[C@@H]1CN(C)CC[C@H]1c1cccc(O)c1. The summed E-state index contributed by atoms with van der Waals surface area (Å²) >= 11 is 0. The third-order valence-electron chi connectivity index (χ3n) is 3.41. The third-order valence-corrected chi connectivity index (χ3v) is 3.41. The molecule has 2 rings (SSSR count). The minimum Gasteiger partial charge on any atom is -0.508 e. The van der Waals surface area contributed by atoms with Gasteiger partial charge in [-0.2, -0.15) is 0 Å². The smallest absolute Gasteiger partial charge is 0.115 e. The summed E-state index contributed by atoms with van der Waals surface area (Å²) in [6.45, 7) is 4.61. The highest BCUT2D eigenvalue weighted by atomic mass is 16.3. The molecule has 2 nitrogen and oxygen atoms in total. The van der Waals surface area contributed by atoms with E-state index in [2.05, 4.69) is 24.9 Å². The zero-order valence-corrected chi connectivity index (χ0v) is 9.48. The predicted octanol–water partition coefficient (Wildman–Crippen LogP) is 2.45. The average molecular weight is 205 g/mol. The van der Waals surface area contributed by atoms with E-state index in [1.165, 1.54) is 12.0 Å². The van der Waals surface area contributed by atoms with Gasteiger partial charge in [-0.1, -0.05) is 19.1 Å². The number of benzene rings is 1. The van der Waals surface area contributed by atoms with Crippen molar-refractivity contribution in [3.8, 4) is 5.75 Å². The van der Waals surface area contributed by atoms with Crippen LogP contribution in [0.15, 0.2) is 24.3 Å². The molecule has 82 valence electrons. The number of aromatic hydroxyl groups is 1. The Kier molecular flexibility index (Phi) is 2.96. The van der Waals surface area contributed by atoms with E-state index in [0.29, 0.717) is 17.6 Å². The highest BCUT2D eigenvalue weighted by Gasteiger charge is 2.25. The standard InChI is InChI=1S/C13H19NO/c1-10-9-14(2)7-6-13(10)11-4-3-5-12(15)8-11/h3-5,8,10,13,15H,6-7,9H2,1-2H3/t10-,13-/m1/s1. The molecule has 1 heterocycles. The molecule has 0 spiro atoms. The van der Waals surface area contributed by atoms with Gasteiger partial charge in [0.25, 0.3) is 0 Å². The molecule has 1 N–H and O–H groups in total. The molecule has 0 unspecified atom stereocenters. The van der Waals surface area contributed by atoms with Gasteiger partial charge in [0.15, 0.2) is 0 Å². The summed E-state index contributed by atoms with van der Waals surface area (Å²) in [5, 5.41) is 9.47. The Bertz CT molecular complexity index is 337. The van der Waals surface area contributed by atoms with Crippen LogP contribution < -0.4 is 0 Å². The molecule has 1 aromatic carbocycles. The molecule has 0 aromatic heterocycles. The van der Waals surface area contributed by atoms with Crippen LogP contribution in [0.1, 0.15) is 24.8 Å². The normalized spacial score (nSPS) is 27.9. The predicted molar refractivity (Wildman–Crippen MR) is 62.1 cm³/mol. The number of phenols is 1. The van der Waals surface area contributed by atoms with Crippen molar-refractivity contribution in [1.82, 2.24) is 4.90 Å². The minimum absolute atomic E-state index is 0.388. The largest absolute Gasteiger partial charge is 0.508 e. The van der Waals surface area contributed by atoms with E-state index in [4.69, 9.17) is 0 Å². The van der Waals surface area contributed by atoms with Crippen molar-refractivity contribution in [2.24, 2.45) is 5.92 Å². The molecule has 1 aliphatic heterocycles. The zero-order chi connectivity index (χ0) is 10.8. The summed E-state index contributed by atoms with van der Waals surface area (Å²) in [4.78, 5) is 2.38. The van der Waals surface area contributed by atoms with Gasteiger partial charge in [-0.05, 0) is 49.5 Å². The molecule has 1 saturated heterocycles. The van der Waals surface area contributed by atoms with E-state index in [-0.39, 0.29) is 0 Å². The van der Waals surface area contributed by atoms with Crippen LogP contribution in [0.25, 0.3) is 0 Å². The number of hydrogen-bond donors (Lipinski definition) is 1. The lowest BCUT2D eigenvalue weighted by atomic mass is 9.82. The van der Waals surface area contributed by atoms with Gasteiger partial charge in [0.05, 0.1) is 0 Å². The maximum Gasteiger partial charge on any atom is 0.115 e. The Balaban J connectivity index is 2.17. The van der Waals surface area contributed by atoms with Gasteiger partial charge >= 0.3 is 0 Å². The molecule has 0 bridgehead atoms. The highest BCUT2D eigenvalue weighted by Crippen LogP contribution is 2.33. The van der Waals surface area contributed by atoms with Gasteiger partial charge in [-0.25, -0.2) is 0 Å². The van der Waals surface area contributed by atoms with E-state index in [1.807, 2.05) is 12.1 Å². The number of hydrogen-bond acceptors (Lipinski definition) is 2. The van der Waals surface area contributed by atoms with E-state index in [9.17, 15) is 5.11 Å². The molecular formula is C13H19NO. The zero-order valence-electron chi connectivity index (χ0n) is 9.48. The van der Waals surface area contributed by atoms with Crippen LogP contribution in [0, 0.1) is 5.92 Å². The molecule has 15 heavy (non-hydrogen) atoms. The molecular weight excluding hydrogens is 186 g/mol. The van der Waals surface area contributed by atoms with Crippen LogP contribution in [0.5, 0.6) is 5.75 Å². The fraction of sp³-hybridized carbons (Fsp3) is 0.538. The van der Waals surface area contributed by atoms with Crippen LogP contribution in [0.4, 0.5) is 0 Å². The minimum atomic E-state index is 0.388. The first-order valence-corrected chi connectivity index (χ1v) is 5.64. The van der Waals surface area contributed by atoms with E-state index in [1.54, 1.807) is 6.07 Å². The third kappa shape index (κ3) is 2.32. The van der Waals surface area contributed by atoms with Crippen LogP contribution in [0.3, 0.4) is 0 Å². The Hall–Kier alpha value is -1.02. The van der Waals surface area contributed by atoms with E-state index >= 15 is 0 Å². The monoisotopic (exact) mass is 205 g/mol. The molecule has 0 aliphatic carbocycles. The van der Waals surface area contributed by atoms with Crippen LogP contribution >= 0.6 is 0 Å². The summed E-state index contributed by atoms with van der Waals surface area (Å²) < 4.78 is 0. The Labute approximate surface area is 91.5 Å². The van der Waals surface area contributed by atoms with Gasteiger partial charge in [0.2, 0.25) is 0 Å². The topological polar surface area (TPSA) is 23.5 Å². The summed E-state index contributed by atoms with van der Waals surface area (Å²) in [6, 6.07) is 7.72. The second-order valence-corrected chi connectivity index (χ2v) is 4.73. The van der Waals surface area contributed by atoms with Crippen LogP contribution in [-0.2, 0) is 0 Å². The fourth-order valence-corrected chi connectivity index (χ4v) is 2.60. The quantitative estimate of drug-likeness (QED) is 0.761. The molecule has 1 fully saturated rings. The number of likely N-dealkylation sites (tertiary alicyclic amines) is 1. The summed E-state index contributed by atoms with van der Waals surface area (Å²) in [5.74, 6) is 1.66. The lowest BCUT2D eigenvalue weighted by molar-refractivity contribution is 0.195. The molecule has 0 amide bonds. The highest BCUT2D eigenvalue weighted by molar-refractivity contribution is 5.30. The first-order valence-electron chi connectivity index (χ1n) is 5.64. The van der Waals surface area contributed by atoms with Crippen molar-refractivity contribution in [2.75, 3.05) is 20.1 Å². The lowest BCUT2D eigenvalue weighted by Gasteiger charge is -2.35. The van der Waals surface area contributed by atoms with Gasteiger partial charge in [0, 0.05) is 6.54 Å². The first-order chi connectivity index (χ1) is 7.16. The Morgan fingerprint density at radius 2 is 2.20 bits per heavy atom. The molecule has 2 heteroatoms. The first kappa shape index (κ1) is 10.5. The molecule has 0 radical (unpaired) electrons. The van der Waals surface area contributed by atoms with Crippen molar-refractivity contribution in [1.29, 1.82) is 0 Å². The van der Waals surface area contributed by atoms with Crippen molar-refractivity contribution >= 4 is 0 Å². The van der Waals surface area contributed by atoms with Crippen LogP contribution in [0.2, 0.25) is 0 Å². The maximum atomic E-state index is 9.47. The Morgan fingerprint density at radius 1 is 1.40 bits per heavy atom. The summed E-state index contributed by atoms with van der Waals surface area (Å²) in [6.07, 6.45) is 1.20. The number of piperidine rings is 1. The molecule has 0 saturated carbocycles. The summed E-state index contributed by atoms with van der Waals surface area (Å²) in [5.41, 5.74) is 1.29. The number of rotatable bonds is 1.